The van der Waals surface area contributed by atoms with Gasteiger partial charge in [-0.2, -0.15) is 4.68 Å². The number of aromatic nitrogens is 3. The predicted molar refractivity (Wildman–Crippen MR) is 145 cm³/mol. The molecule has 1 fully saturated rings. The fourth-order valence-corrected chi connectivity index (χ4v) is 6.64. The molecule has 0 unspecified atom stereocenters. The number of hydrogen-bond donors (Lipinski definition) is 2. The van der Waals surface area contributed by atoms with E-state index in [1.807, 2.05) is 59.8 Å². The van der Waals surface area contributed by atoms with Crippen LogP contribution >= 0.6 is 23.1 Å². The number of rotatable bonds is 8. The van der Waals surface area contributed by atoms with Gasteiger partial charge in [-0.15, -0.1) is 27.8 Å². The molecule has 0 spiro atoms. The van der Waals surface area contributed by atoms with E-state index in [1.165, 1.54) is 23.8 Å². The Morgan fingerprint density at radius 1 is 1.38 bits per heavy atom. The minimum Gasteiger partial charge on any atom is -0.543 e. The van der Waals surface area contributed by atoms with Crippen LogP contribution in [0.4, 0.5) is 10.8 Å². The molecule has 2 aromatic heterocycles. The smallest absolute Gasteiger partial charge is 0.276 e. The molecule has 0 aliphatic carbocycles. The van der Waals surface area contributed by atoms with Crippen molar-refractivity contribution in [1.29, 1.82) is 0 Å². The topological polar surface area (TPSA) is 162 Å². The van der Waals surface area contributed by atoms with Crippen LogP contribution in [-0.2, 0) is 32.8 Å². The molecule has 13 nitrogen and oxygen atoms in total. The number of nitrogens with two attached hydrogens (primary N) is 1. The van der Waals surface area contributed by atoms with Gasteiger partial charge in [-0.3, -0.25) is 14.5 Å². The maximum Gasteiger partial charge on any atom is 0.276 e. The number of hydrogen-bond acceptors (Lipinski definition) is 11. The van der Waals surface area contributed by atoms with Crippen molar-refractivity contribution in [1.82, 2.24) is 19.9 Å². The number of β-lactam (4-membered cyclic amide) rings is 1. The third-order valence-electron chi connectivity index (χ3n) is 6.60. The second-order valence-corrected chi connectivity index (χ2v) is 11.1. The van der Waals surface area contributed by atoms with Crippen molar-refractivity contribution >= 4 is 68.3 Å². The third-order valence-corrected chi connectivity index (χ3v) is 8.61. The zero-order valence-corrected chi connectivity index (χ0v) is 23.2. The first-order valence-electron chi connectivity index (χ1n) is 11.8. The Bertz CT molecular complexity index is 1560. The van der Waals surface area contributed by atoms with E-state index in [9.17, 15) is 19.5 Å². The van der Waals surface area contributed by atoms with Gasteiger partial charge in [0.1, 0.15) is 29.7 Å². The van der Waals surface area contributed by atoms with Crippen LogP contribution < -0.4 is 25.7 Å². The maximum atomic E-state index is 13.1. The zero-order chi connectivity index (χ0) is 28.0. The van der Waals surface area contributed by atoms with Crippen molar-refractivity contribution in [3.8, 4) is 0 Å². The Balaban J connectivity index is 1.40. The van der Waals surface area contributed by atoms with Crippen LogP contribution in [0, 0.1) is 0 Å². The Labute approximate surface area is 231 Å². The fourth-order valence-electron chi connectivity index (χ4n) is 4.76. The number of amides is 2. The van der Waals surface area contributed by atoms with E-state index < -0.39 is 29.2 Å². The molecule has 2 amide bonds. The number of thiazole rings is 1. The minimum absolute atomic E-state index is 0.141. The molecule has 0 saturated carbocycles. The lowest BCUT2D eigenvalue weighted by atomic mass is 10.0. The van der Waals surface area contributed by atoms with Gasteiger partial charge in [0.25, 0.3) is 11.8 Å². The van der Waals surface area contributed by atoms with Crippen molar-refractivity contribution in [2.24, 2.45) is 12.2 Å². The summed E-state index contributed by atoms with van der Waals surface area (Å²) in [6.45, 7) is 0.248. The molecule has 2 aliphatic rings. The van der Waals surface area contributed by atoms with Gasteiger partial charge < -0.3 is 30.7 Å². The highest BCUT2D eigenvalue weighted by molar-refractivity contribution is 8.00. The average molecular weight is 571 g/mol. The summed E-state index contributed by atoms with van der Waals surface area (Å²) >= 11 is 2.50. The maximum absolute atomic E-state index is 13.1. The lowest BCUT2D eigenvalue weighted by molar-refractivity contribution is -0.764. The molecule has 2 atom stereocenters. The number of nitrogens with one attached hydrogen (secondary N) is 1. The van der Waals surface area contributed by atoms with E-state index in [0.717, 1.165) is 27.9 Å². The Kier molecular flexibility index (Phi) is 6.94. The number of carbonyl (C=O) groups is 3. The molecule has 0 radical (unpaired) electrons. The molecular formula is C24H26N8O5S2. The molecule has 5 rings (SSSR count). The van der Waals surface area contributed by atoms with Crippen molar-refractivity contribution in [3.05, 3.63) is 46.7 Å². The molecular weight excluding hydrogens is 544 g/mol. The number of nitrogen functional groups attached to an aromatic ring is 1. The SMILES string of the molecule is CO/N=C(\C(=O)N[C@@H]1C(=O)N2C(C(=O)[O-])=C(C[n+]3cc4c(N(C)C)cccc4n3C)CS[C@H]12)c1csc(N)n1. The number of anilines is 2. The van der Waals surface area contributed by atoms with Gasteiger partial charge in [0.05, 0.1) is 29.8 Å². The number of thioether (sulfide) groups is 1. The van der Waals surface area contributed by atoms with Crippen molar-refractivity contribution in [3.63, 3.8) is 0 Å². The number of oxime groups is 1. The van der Waals surface area contributed by atoms with E-state index in [2.05, 4.69) is 15.5 Å². The first-order chi connectivity index (χ1) is 18.6. The van der Waals surface area contributed by atoms with Crippen LogP contribution in [0.25, 0.3) is 10.9 Å². The van der Waals surface area contributed by atoms with Gasteiger partial charge in [-0.1, -0.05) is 11.2 Å². The van der Waals surface area contributed by atoms with Gasteiger partial charge in [-0.05, 0) is 12.1 Å². The van der Waals surface area contributed by atoms with Gasteiger partial charge >= 0.3 is 0 Å². The second-order valence-electron chi connectivity index (χ2n) is 9.15. The monoisotopic (exact) mass is 570 g/mol. The summed E-state index contributed by atoms with van der Waals surface area (Å²) in [7, 11) is 7.10. The highest BCUT2D eigenvalue weighted by Crippen LogP contribution is 2.40. The molecule has 3 aromatic rings. The van der Waals surface area contributed by atoms with Gasteiger partial charge in [-0.25, -0.2) is 4.98 Å². The largest absolute Gasteiger partial charge is 0.543 e. The third kappa shape index (κ3) is 4.57. The number of carbonyl (C=O) groups excluding carboxylic acids is 3. The fraction of sp³-hybridized carbons (Fsp3) is 0.333. The summed E-state index contributed by atoms with van der Waals surface area (Å²) in [6, 6.07) is 5.02. The molecule has 1 aromatic carbocycles. The van der Waals surface area contributed by atoms with Crippen molar-refractivity contribution < 1.29 is 29.0 Å². The number of nitrogens with zero attached hydrogens (tertiary/aromatic N) is 6. The number of carboxylic acid groups (broad SMARTS) is 1. The van der Waals surface area contributed by atoms with Crippen LogP contribution in [0.2, 0.25) is 0 Å². The summed E-state index contributed by atoms with van der Waals surface area (Å²) in [5.74, 6) is -2.35. The Morgan fingerprint density at radius 2 is 2.15 bits per heavy atom. The summed E-state index contributed by atoms with van der Waals surface area (Å²) in [5.41, 5.74) is 8.12. The molecule has 3 N–H and O–H groups in total. The lowest BCUT2D eigenvalue weighted by Crippen LogP contribution is -2.71. The summed E-state index contributed by atoms with van der Waals surface area (Å²) in [6.07, 6.45) is 1.96. The van der Waals surface area contributed by atoms with Crippen molar-refractivity contribution in [2.45, 2.75) is 18.0 Å². The molecule has 15 heteroatoms. The summed E-state index contributed by atoms with van der Waals surface area (Å²) in [4.78, 5) is 50.4. The molecule has 1 saturated heterocycles. The normalized spacial score (nSPS) is 19.1. The van der Waals surface area contributed by atoms with Gasteiger partial charge in [0.15, 0.2) is 17.4 Å². The average Bonchev–Trinajstić information content (AvgIpc) is 3.47. The number of carboxylic acids is 1. The predicted octanol–water partition coefficient (Wildman–Crippen LogP) is -0.975. The van der Waals surface area contributed by atoms with Crippen LogP contribution in [0.1, 0.15) is 5.69 Å². The van der Waals surface area contributed by atoms with Crippen LogP contribution in [-0.4, -0.2) is 76.4 Å². The lowest BCUT2D eigenvalue weighted by Gasteiger charge is -2.50. The van der Waals surface area contributed by atoms with Crippen molar-refractivity contribution in [2.75, 3.05) is 37.6 Å². The molecule has 39 heavy (non-hydrogen) atoms. The zero-order valence-electron chi connectivity index (χ0n) is 21.6. The van der Waals surface area contributed by atoms with E-state index in [4.69, 9.17) is 10.6 Å². The standard InChI is InChI=1S/C24H26N8O5S2/c1-29(2)15-6-5-7-16-13(15)9-31(30(16)3)8-12-10-38-22-18(21(34)32(22)19(12)23(35)36)27-20(33)17(28-37-4)14-11-39-24(25)26-14/h5-7,9,11,18,22H,8,10H2,1-4H3,(H3-,25,26,27,33,35,36)/b28-17-/t18-,22-/m1/s1. The summed E-state index contributed by atoms with van der Waals surface area (Å²) < 4.78 is 3.86. The highest BCUT2D eigenvalue weighted by Gasteiger charge is 2.53. The number of aryl methyl sites for hydroxylation is 1. The quantitative estimate of drug-likeness (QED) is 0.150. The summed E-state index contributed by atoms with van der Waals surface area (Å²) in [5, 5.41) is 20.8. The number of benzene rings is 1. The van der Waals surface area contributed by atoms with Crippen LogP contribution in [0.3, 0.4) is 0 Å². The molecule has 2 aliphatic heterocycles. The number of fused-ring (bicyclic) bond motifs is 2. The molecule has 204 valence electrons. The first-order valence-corrected chi connectivity index (χ1v) is 13.7. The Hall–Kier alpha value is -4.11. The highest BCUT2D eigenvalue weighted by atomic mass is 32.2. The Morgan fingerprint density at radius 3 is 2.79 bits per heavy atom. The molecule has 4 heterocycles. The van der Waals surface area contributed by atoms with E-state index in [0.29, 0.717) is 11.3 Å². The number of aliphatic carboxylic acids is 1. The van der Waals surface area contributed by atoms with E-state index in [-0.39, 0.29) is 28.8 Å². The van der Waals surface area contributed by atoms with Gasteiger partial charge in [0.2, 0.25) is 6.20 Å². The first kappa shape index (κ1) is 26.5. The van der Waals surface area contributed by atoms with Crippen LogP contribution in [0.5, 0.6) is 0 Å². The van der Waals surface area contributed by atoms with E-state index in [1.54, 1.807) is 5.38 Å². The molecule has 0 bridgehead atoms. The van der Waals surface area contributed by atoms with Crippen LogP contribution in [0.15, 0.2) is 46.2 Å². The second kappa shape index (κ2) is 10.2. The minimum atomic E-state index is -1.44. The van der Waals surface area contributed by atoms with Gasteiger partial charge in [0, 0.05) is 30.8 Å². The van der Waals surface area contributed by atoms with E-state index >= 15 is 0 Å².